The van der Waals surface area contributed by atoms with Crippen LogP contribution in [0.3, 0.4) is 0 Å². The van der Waals surface area contributed by atoms with Crippen LogP contribution in [-0.2, 0) is 4.79 Å². The minimum Gasteiger partial charge on any atom is -0.354 e. The second-order valence-electron chi connectivity index (χ2n) is 4.53. The van der Waals surface area contributed by atoms with Crippen LogP contribution in [0.5, 0.6) is 0 Å². The van der Waals surface area contributed by atoms with Crippen molar-refractivity contribution < 1.29 is 4.79 Å². The maximum absolute atomic E-state index is 11.9. The van der Waals surface area contributed by atoms with Gasteiger partial charge in [0.2, 0.25) is 5.91 Å². The average molecular weight is 301 g/mol. The van der Waals surface area contributed by atoms with Crippen LogP contribution in [0.1, 0.15) is 24.8 Å². The molecule has 19 heavy (non-hydrogen) atoms. The molecule has 106 valence electrons. The van der Waals surface area contributed by atoms with Crippen molar-refractivity contribution in [2.75, 3.05) is 18.2 Å². The SMILES string of the molecule is CCC(CNC(=O)C1CSCN1)c1ccccc1.Cl. The highest BCUT2D eigenvalue weighted by Gasteiger charge is 2.22. The second-order valence-corrected chi connectivity index (χ2v) is 5.56. The lowest BCUT2D eigenvalue weighted by atomic mass is 9.96. The van der Waals surface area contributed by atoms with Crippen molar-refractivity contribution >= 4 is 30.1 Å². The molecule has 0 bridgehead atoms. The molecule has 1 aliphatic rings. The summed E-state index contributed by atoms with van der Waals surface area (Å²) in [6.07, 6.45) is 1.04. The first-order valence-electron chi connectivity index (χ1n) is 6.45. The minimum absolute atomic E-state index is 0. The van der Waals surface area contributed by atoms with Crippen molar-refractivity contribution in [3.63, 3.8) is 0 Å². The highest BCUT2D eigenvalue weighted by atomic mass is 35.5. The number of hydrogen-bond donors (Lipinski definition) is 2. The van der Waals surface area contributed by atoms with Crippen LogP contribution < -0.4 is 10.6 Å². The summed E-state index contributed by atoms with van der Waals surface area (Å²) in [4.78, 5) is 11.9. The van der Waals surface area contributed by atoms with E-state index in [0.29, 0.717) is 5.92 Å². The Kier molecular flexibility index (Phi) is 7.28. The monoisotopic (exact) mass is 300 g/mol. The molecule has 1 aliphatic heterocycles. The fourth-order valence-corrected chi connectivity index (χ4v) is 3.08. The molecule has 0 aromatic heterocycles. The van der Waals surface area contributed by atoms with Gasteiger partial charge in [-0.25, -0.2) is 0 Å². The maximum Gasteiger partial charge on any atom is 0.238 e. The van der Waals surface area contributed by atoms with Gasteiger partial charge < -0.3 is 5.32 Å². The lowest BCUT2D eigenvalue weighted by Crippen LogP contribution is -2.43. The third-order valence-corrected chi connectivity index (χ3v) is 4.26. The molecule has 3 nitrogen and oxygen atoms in total. The lowest BCUT2D eigenvalue weighted by Gasteiger charge is -2.17. The van der Waals surface area contributed by atoms with E-state index < -0.39 is 0 Å². The van der Waals surface area contributed by atoms with Gasteiger partial charge in [-0.05, 0) is 12.0 Å². The van der Waals surface area contributed by atoms with E-state index in [9.17, 15) is 4.79 Å². The highest BCUT2D eigenvalue weighted by molar-refractivity contribution is 7.99. The highest BCUT2D eigenvalue weighted by Crippen LogP contribution is 2.18. The number of amides is 1. The van der Waals surface area contributed by atoms with Gasteiger partial charge in [-0.1, -0.05) is 37.3 Å². The standard InChI is InChI=1S/C14H20N2OS.ClH/c1-2-11(12-6-4-3-5-7-12)8-15-14(17)13-9-18-10-16-13;/h3-7,11,13,16H,2,8-10H2,1H3,(H,15,17);1H. The van der Waals surface area contributed by atoms with Gasteiger partial charge in [0.15, 0.2) is 0 Å². The quantitative estimate of drug-likeness (QED) is 0.877. The predicted octanol–water partition coefficient (Wildman–Crippen LogP) is 2.38. The van der Waals surface area contributed by atoms with E-state index in [-0.39, 0.29) is 24.4 Å². The predicted molar refractivity (Wildman–Crippen MR) is 84.0 cm³/mol. The summed E-state index contributed by atoms with van der Waals surface area (Å²) in [5.74, 6) is 2.31. The van der Waals surface area contributed by atoms with Crippen molar-refractivity contribution in [3.8, 4) is 0 Å². The molecular weight excluding hydrogens is 280 g/mol. The Balaban J connectivity index is 0.00000180. The molecule has 1 saturated heterocycles. The van der Waals surface area contributed by atoms with Crippen LogP contribution in [0.4, 0.5) is 0 Å². The first-order valence-corrected chi connectivity index (χ1v) is 7.60. The number of rotatable bonds is 5. The summed E-state index contributed by atoms with van der Waals surface area (Å²) in [6.45, 7) is 2.88. The summed E-state index contributed by atoms with van der Waals surface area (Å²) in [5.41, 5.74) is 1.30. The van der Waals surface area contributed by atoms with Crippen LogP contribution in [0.2, 0.25) is 0 Å². The molecule has 0 aliphatic carbocycles. The van der Waals surface area contributed by atoms with Crippen molar-refractivity contribution in [2.45, 2.75) is 25.3 Å². The topological polar surface area (TPSA) is 41.1 Å². The van der Waals surface area contributed by atoms with Crippen molar-refractivity contribution in [1.29, 1.82) is 0 Å². The van der Waals surface area contributed by atoms with E-state index in [1.165, 1.54) is 5.56 Å². The van der Waals surface area contributed by atoms with E-state index in [2.05, 4.69) is 41.8 Å². The van der Waals surface area contributed by atoms with Gasteiger partial charge in [0, 0.05) is 24.1 Å². The fraction of sp³-hybridized carbons (Fsp3) is 0.500. The maximum atomic E-state index is 11.9. The molecule has 2 unspecified atom stereocenters. The average Bonchev–Trinajstić information content (AvgIpc) is 2.94. The largest absolute Gasteiger partial charge is 0.354 e. The molecule has 1 fully saturated rings. The normalized spacial score (nSPS) is 19.5. The molecule has 2 atom stereocenters. The van der Waals surface area contributed by atoms with Crippen LogP contribution in [0.15, 0.2) is 30.3 Å². The van der Waals surface area contributed by atoms with Gasteiger partial charge in [-0.2, -0.15) is 0 Å². The third kappa shape index (κ3) is 4.71. The Bertz CT molecular complexity index is 382. The first kappa shape index (κ1) is 16.3. The summed E-state index contributed by atoms with van der Waals surface area (Å²) in [6, 6.07) is 10.4. The van der Waals surface area contributed by atoms with Crippen molar-refractivity contribution in [2.24, 2.45) is 0 Å². The van der Waals surface area contributed by atoms with E-state index in [0.717, 1.165) is 24.6 Å². The fourth-order valence-electron chi connectivity index (χ4n) is 2.13. The van der Waals surface area contributed by atoms with Crippen LogP contribution in [0.25, 0.3) is 0 Å². The van der Waals surface area contributed by atoms with Crippen LogP contribution >= 0.6 is 24.2 Å². The van der Waals surface area contributed by atoms with Gasteiger partial charge in [0.25, 0.3) is 0 Å². The Morgan fingerprint density at radius 2 is 2.21 bits per heavy atom. The lowest BCUT2D eigenvalue weighted by molar-refractivity contribution is -0.122. The van der Waals surface area contributed by atoms with E-state index in [4.69, 9.17) is 0 Å². The molecule has 1 amide bonds. The minimum atomic E-state index is -0.0109. The molecule has 2 rings (SSSR count). The van der Waals surface area contributed by atoms with Gasteiger partial charge in [0.1, 0.15) is 0 Å². The molecule has 1 heterocycles. The van der Waals surface area contributed by atoms with Crippen molar-refractivity contribution in [1.82, 2.24) is 10.6 Å². The van der Waals surface area contributed by atoms with Gasteiger partial charge >= 0.3 is 0 Å². The smallest absolute Gasteiger partial charge is 0.238 e. The number of benzene rings is 1. The molecule has 2 N–H and O–H groups in total. The summed E-state index contributed by atoms with van der Waals surface area (Å²) < 4.78 is 0. The Hall–Kier alpha value is -0.710. The summed E-state index contributed by atoms with van der Waals surface area (Å²) >= 11 is 1.77. The molecule has 0 radical (unpaired) electrons. The molecule has 1 aromatic rings. The van der Waals surface area contributed by atoms with E-state index in [1.54, 1.807) is 11.8 Å². The number of nitrogens with one attached hydrogen (secondary N) is 2. The zero-order chi connectivity index (χ0) is 12.8. The number of carbonyl (C=O) groups excluding carboxylic acids is 1. The van der Waals surface area contributed by atoms with E-state index >= 15 is 0 Å². The molecule has 1 aromatic carbocycles. The van der Waals surface area contributed by atoms with E-state index in [1.807, 2.05) is 6.07 Å². The number of thioether (sulfide) groups is 1. The zero-order valence-corrected chi connectivity index (χ0v) is 12.7. The Morgan fingerprint density at radius 1 is 1.47 bits per heavy atom. The zero-order valence-electron chi connectivity index (χ0n) is 11.1. The third-order valence-electron chi connectivity index (χ3n) is 3.32. The molecular formula is C14H21ClN2OS. The summed E-state index contributed by atoms with van der Waals surface area (Å²) in [5, 5.41) is 6.25. The van der Waals surface area contributed by atoms with Crippen LogP contribution in [0, 0.1) is 0 Å². The Morgan fingerprint density at radius 3 is 2.79 bits per heavy atom. The second kappa shape index (κ2) is 8.46. The number of carbonyl (C=O) groups is 1. The van der Waals surface area contributed by atoms with Gasteiger partial charge in [0.05, 0.1) is 6.04 Å². The Labute approximate surface area is 125 Å². The molecule has 0 saturated carbocycles. The van der Waals surface area contributed by atoms with Gasteiger partial charge in [-0.15, -0.1) is 24.2 Å². The molecule has 0 spiro atoms. The van der Waals surface area contributed by atoms with Crippen molar-refractivity contribution in [3.05, 3.63) is 35.9 Å². The summed E-state index contributed by atoms with van der Waals surface area (Å²) in [7, 11) is 0. The van der Waals surface area contributed by atoms with Gasteiger partial charge in [-0.3, -0.25) is 10.1 Å². The van der Waals surface area contributed by atoms with Crippen LogP contribution in [-0.4, -0.2) is 30.1 Å². The first-order chi connectivity index (χ1) is 8.81. The number of hydrogen-bond acceptors (Lipinski definition) is 3. The molecule has 5 heteroatoms. The number of halogens is 1.